The highest BCUT2D eigenvalue weighted by Crippen LogP contribution is 2.41. The Morgan fingerprint density at radius 3 is 2.29 bits per heavy atom. The Bertz CT molecular complexity index is 909. The Labute approximate surface area is 159 Å². The zero-order chi connectivity index (χ0) is 16.8. The molecule has 3 aromatic rings. The normalized spacial score (nSPS) is 13.0. The first-order valence-corrected chi connectivity index (χ1v) is 8.82. The lowest BCUT2D eigenvalue weighted by Gasteiger charge is -2.08. The molecule has 1 aromatic heterocycles. The van der Waals surface area contributed by atoms with Crippen LogP contribution < -0.4 is 5.32 Å². The van der Waals surface area contributed by atoms with E-state index in [1.165, 1.54) is 0 Å². The van der Waals surface area contributed by atoms with E-state index in [4.69, 9.17) is 51.5 Å². The summed E-state index contributed by atoms with van der Waals surface area (Å²) in [6.07, 6.45) is 0.848. The average molecular weight is 399 g/mol. The number of hydrogen-bond acceptors (Lipinski definition) is 2. The molecule has 7 heteroatoms. The summed E-state index contributed by atoms with van der Waals surface area (Å²) in [7, 11) is 0. The number of anilines is 1. The Hall–Kier alpha value is -1.39. The predicted octanol–water partition coefficient (Wildman–Crippen LogP) is 6.12. The highest BCUT2D eigenvalue weighted by molar-refractivity contribution is 6.39. The predicted molar refractivity (Wildman–Crippen MR) is 101 cm³/mol. The van der Waals surface area contributed by atoms with Gasteiger partial charge in [0.1, 0.15) is 11.5 Å². The van der Waals surface area contributed by atoms with Crippen molar-refractivity contribution in [3.05, 3.63) is 62.1 Å². The highest BCUT2D eigenvalue weighted by Gasteiger charge is 2.26. The third-order valence-electron chi connectivity index (χ3n) is 3.94. The molecule has 1 aliphatic heterocycles. The first-order valence-electron chi connectivity index (χ1n) is 7.31. The van der Waals surface area contributed by atoms with E-state index in [0.717, 1.165) is 41.3 Å². The Balaban J connectivity index is 1.96. The second-order valence-electron chi connectivity index (χ2n) is 5.49. The number of nitrogens with zero attached hydrogens (tertiary/aromatic N) is 2. The van der Waals surface area contributed by atoms with E-state index in [1.54, 1.807) is 10.7 Å². The summed E-state index contributed by atoms with van der Waals surface area (Å²) < 4.78 is 1.80. The van der Waals surface area contributed by atoms with Crippen LogP contribution in [0.5, 0.6) is 0 Å². The van der Waals surface area contributed by atoms with Crippen molar-refractivity contribution in [3.8, 4) is 16.9 Å². The van der Waals surface area contributed by atoms with Gasteiger partial charge in [0.05, 0.1) is 15.7 Å². The van der Waals surface area contributed by atoms with Gasteiger partial charge in [0.15, 0.2) is 0 Å². The van der Waals surface area contributed by atoms with Gasteiger partial charge in [-0.1, -0.05) is 52.5 Å². The Morgan fingerprint density at radius 1 is 0.958 bits per heavy atom. The maximum atomic E-state index is 6.38. The van der Waals surface area contributed by atoms with Gasteiger partial charge in [0.2, 0.25) is 0 Å². The highest BCUT2D eigenvalue weighted by atomic mass is 35.5. The van der Waals surface area contributed by atoms with Gasteiger partial charge in [-0.2, -0.15) is 5.10 Å². The topological polar surface area (TPSA) is 29.9 Å². The number of aromatic nitrogens is 2. The monoisotopic (exact) mass is 397 g/mol. The van der Waals surface area contributed by atoms with Crippen LogP contribution in [-0.4, -0.2) is 16.3 Å². The van der Waals surface area contributed by atoms with Crippen LogP contribution in [0.4, 0.5) is 5.82 Å². The number of fused-ring (bicyclic) bond motifs is 1. The first kappa shape index (κ1) is 16.1. The van der Waals surface area contributed by atoms with Gasteiger partial charge >= 0.3 is 0 Å². The molecule has 0 unspecified atom stereocenters. The van der Waals surface area contributed by atoms with Crippen LogP contribution >= 0.6 is 46.4 Å². The summed E-state index contributed by atoms with van der Waals surface area (Å²) in [5, 5.41) is 10.4. The molecule has 1 aliphatic rings. The summed E-state index contributed by atoms with van der Waals surface area (Å²) in [6.45, 7) is 0.830. The molecule has 1 N–H and O–H groups in total. The van der Waals surface area contributed by atoms with Crippen LogP contribution in [0.25, 0.3) is 16.9 Å². The van der Waals surface area contributed by atoms with Crippen molar-refractivity contribution in [2.45, 2.75) is 6.42 Å². The molecule has 0 saturated heterocycles. The van der Waals surface area contributed by atoms with Gasteiger partial charge in [0.25, 0.3) is 0 Å². The van der Waals surface area contributed by atoms with Crippen LogP contribution in [0, 0.1) is 0 Å². The van der Waals surface area contributed by atoms with Crippen molar-refractivity contribution in [1.82, 2.24) is 9.78 Å². The zero-order valence-corrected chi connectivity index (χ0v) is 15.3. The minimum atomic E-state index is 0.553. The molecule has 2 heterocycles. The van der Waals surface area contributed by atoms with Gasteiger partial charge in [-0.05, 0) is 36.8 Å². The van der Waals surface area contributed by atoms with Crippen LogP contribution in [0.1, 0.15) is 5.56 Å². The van der Waals surface area contributed by atoms with E-state index in [-0.39, 0.29) is 0 Å². The molecule has 0 aliphatic carbocycles. The Morgan fingerprint density at radius 2 is 1.62 bits per heavy atom. The second kappa shape index (κ2) is 6.16. The zero-order valence-electron chi connectivity index (χ0n) is 12.3. The molecular formula is C17H11Cl4N3. The van der Waals surface area contributed by atoms with Crippen LogP contribution in [-0.2, 0) is 6.42 Å². The van der Waals surface area contributed by atoms with E-state index in [2.05, 4.69) is 5.32 Å². The Kier molecular flexibility index (Phi) is 4.13. The largest absolute Gasteiger partial charge is 0.369 e. The van der Waals surface area contributed by atoms with E-state index < -0.39 is 0 Å². The molecule has 2 aromatic carbocycles. The summed E-state index contributed by atoms with van der Waals surface area (Å²) >= 11 is 25.0. The van der Waals surface area contributed by atoms with E-state index in [0.29, 0.717) is 20.1 Å². The summed E-state index contributed by atoms with van der Waals surface area (Å²) in [5.74, 6) is 0.916. The van der Waals surface area contributed by atoms with Crippen molar-refractivity contribution < 1.29 is 0 Å². The standard InChI is InChI=1S/C17H11Cl4N3/c18-9-6-10(19)8-11(7-9)24-17-12(4-5-22-17)16(23-24)15-13(20)2-1-3-14(15)21/h1-3,6-8,22H,4-5H2. The molecular weight excluding hydrogens is 388 g/mol. The molecule has 0 spiro atoms. The number of hydrogen-bond donors (Lipinski definition) is 1. The lowest BCUT2D eigenvalue weighted by molar-refractivity contribution is 0.882. The maximum absolute atomic E-state index is 6.38. The average Bonchev–Trinajstić information content (AvgIpc) is 3.09. The molecule has 4 rings (SSSR count). The number of nitrogens with one attached hydrogen (secondary N) is 1. The minimum Gasteiger partial charge on any atom is -0.369 e. The SMILES string of the molecule is Clc1cc(Cl)cc(-n2nc(-c3c(Cl)cccc3Cl)c3c2NCC3)c1. The van der Waals surface area contributed by atoms with Crippen LogP contribution in [0.3, 0.4) is 0 Å². The van der Waals surface area contributed by atoms with Crippen molar-refractivity contribution >= 4 is 52.2 Å². The van der Waals surface area contributed by atoms with Gasteiger partial charge in [-0.15, -0.1) is 0 Å². The molecule has 0 fully saturated rings. The molecule has 24 heavy (non-hydrogen) atoms. The third kappa shape index (κ3) is 2.66. The summed E-state index contributed by atoms with van der Waals surface area (Å²) in [5.41, 5.74) is 3.39. The fourth-order valence-corrected chi connectivity index (χ4v) is 4.04. The molecule has 122 valence electrons. The summed E-state index contributed by atoms with van der Waals surface area (Å²) in [6, 6.07) is 10.8. The summed E-state index contributed by atoms with van der Waals surface area (Å²) in [4.78, 5) is 0. The van der Waals surface area contributed by atoms with Gasteiger partial charge in [-0.3, -0.25) is 0 Å². The molecule has 0 bridgehead atoms. The fourth-order valence-electron chi connectivity index (χ4n) is 2.95. The lowest BCUT2D eigenvalue weighted by Crippen LogP contribution is -2.04. The van der Waals surface area contributed by atoms with Crippen molar-refractivity contribution in [2.24, 2.45) is 0 Å². The van der Waals surface area contributed by atoms with Crippen molar-refractivity contribution in [2.75, 3.05) is 11.9 Å². The molecule has 3 nitrogen and oxygen atoms in total. The number of benzene rings is 2. The van der Waals surface area contributed by atoms with E-state index >= 15 is 0 Å². The molecule has 0 saturated carbocycles. The van der Waals surface area contributed by atoms with Crippen LogP contribution in [0.2, 0.25) is 20.1 Å². The smallest absolute Gasteiger partial charge is 0.133 e. The number of rotatable bonds is 2. The molecule has 0 amide bonds. The fraction of sp³-hybridized carbons (Fsp3) is 0.118. The molecule has 0 radical (unpaired) electrons. The number of halogens is 4. The maximum Gasteiger partial charge on any atom is 0.133 e. The van der Waals surface area contributed by atoms with E-state index in [9.17, 15) is 0 Å². The van der Waals surface area contributed by atoms with Crippen LogP contribution in [0.15, 0.2) is 36.4 Å². The van der Waals surface area contributed by atoms with E-state index in [1.807, 2.05) is 30.3 Å². The third-order valence-corrected chi connectivity index (χ3v) is 5.01. The quantitative estimate of drug-likeness (QED) is 0.563. The van der Waals surface area contributed by atoms with Gasteiger partial charge in [-0.25, -0.2) is 4.68 Å². The van der Waals surface area contributed by atoms with Crippen molar-refractivity contribution in [3.63, 3.8) is 0 Å². The van der Waals surface area contributed by atoms with Crippen molar-refractivity contribution in [1.29, 1.82) is 0 Å². The second-order valence-corrected chi connectivity index (χ2v) is 7.18. The van der Waals surface area contributed by atoms with Gasteiger partial charge < -0.3 is 5.32 Å². The first-order chi connectivity index (χ1) is 11.5. The lowest BCUT2D eigenvalue weighted by atomic mass is 10.1. The molecule has 0 atom stereocenters. The minimum absolute atomic E-state index is 0.553. The van der Waals surface area contributed by atoms with Gasteiger partial charge in [0, 0.05) is 27.7 Å².